The van der Waals surface area contributed by atoms with Crippen molar-refractivity contribution in [3.8, 4) is 0 Å². The highest BCUT2D eigenvalue weighted by atomic mass is 16.4. The lowest BCUT2D eigenvalue weighted by molar-refractivity contribution is -0.311. The lowest BCUT2D eigenvalue weighted by Gasteiger charge is -2.26. The number of aliphatic hydroxyl groups is 1. The van der Waals surface area contributed by atoms with Gasteiger partial charge in [0.05, 0.1) is 18.6 Å². The molecule has 1 atom stereocenters. The molecule has 1 aliphatic heterocycles. The van der Waals surface area contributed by atoms with Gasteiger partial charge in [-0.05, 0) is 11.6 Å². The number of rotatable bonds is 3. The molecule has 16 heavy (non-hydrogen) atoms. The van der Waals surface area contributed by atoms with E-state index in [0.29, 0.717) is 5.56 Å². The van der Waals surface area contributed by atoms with Crippen molar-refractivity contribution in [1.29, 1.82) is 0 Å². The molecule has 0 spiro atoms. The van der Waals surface area contributed by atoms with Crippen LogP contribution in [0.3, 0.4) is 0 Å². The fraction of sp³-hybridized carbons (Fsp3) is 0.273. The normalized spacial score (nSPS) is 16.1. The Morgan fingerprint density at radius 3 is 2.75 bits per heavy atom. The maximum absolute atomic E-state index is 11.8. The van der Waals surface area contributed by atoms with E-state index in [1.165, 1.54) is 0 Å². The molecule has 84 valence electrons. The maximum atomic E-state index is 11.8. The minimum absolute atomic E-state index is 0.203. The summed E-state index contributed by atoms with van der Waals surface area (Å²) in [5, 5.41) is 19.7. The van der Waals surface area contributed by atoms with Crippen LogP contribution in [0.1, 0.15) is 15.9 Å². The van der Waals surface area contributed by atoms with E-state index in [0.717, 1.165) is 10.5 Å². The van der Waals surface area contributed by atoms with Gasteiger partial charge in [0.15, 0.2) is 0 Å². The number of benzene rings is 1. The fourth-order valence-electron chi connectivity index (χ4n) is 1.83. The number of hydrogen-bond acceptors (Lipinski definition) is 4. The zero-order valence-corrected chi connectivity index (χ0v) is 8.42. The van der Waals surface area contributed by atoms with Gasteiger partial charge < -0.3 is 19.9 Å². The van der Waals surface area contributed by atoms with Crippen LogP contribution in [0.2, 0.25) is 0 Å². The number of nitrogens with zero attached hydrogens (tertiary/aromatic N) is 1. The second-order valence-electron chi connectivity index (χ2n) is 3.61. The van der Waals surface area contributed by atoms with Crippen LogP contribution < -0.4 is 5.11 Å². The average Bonchev–Trinajstić information content (AvgIpc) is 2.58. The van der Waals surface area contributed by atoms with E-state index in [-0.39, 0.29) is 12.5 Å². The fourth-order valence-corrected chi connectivity index (χ4v) is 1.83. The number of hydrogen-bond donors (Lipinski definition) is 1. The number of amides is 1. The topological polar surface area (TPSA) is 80.7 Å². The molecule has 0 bridgehead atoms. The van der Waals surface area contributed by atoms with Crippen molar-refractivity contribution in [1.82, 2.24) is 4.90 Å². The van der Waals surface area contributed by atoms with Crippen LogP contribution in [0.15, 0.2) is 24.3 Å². The molecule has 0 saturated heterocycles. The third-order valence-corrected chi connectivity index (χ3v) is 2.67. The van der Waals surface area contributed by atoms with Crippen molar-refractivity contribution in [2.24, 2.45) is 0 Å². The van der Waals surface area contributed by atoms with Gasteiger partial charge in [-0.1, -0.05) is 18.2 Å². The largest absolute Gasteiger partial charge is 0.548 e. The van der Waals surface area contributed by atoms with Crippen molar-refractivity contribution in [3.05, 3.63) is 35.4 Å². The highest BCUT2D eigenvalue weighted by Gasteiger charge is 2.32. The minimum atomic E-state index is -1.44. The Bertz CT molecular complexity index is 443. The average molecular weight is 220 g/mol. The SMILES string of the molecule is O=C([O-])[C@H](CO)N1Cc2ccccc2C1=O. The zero-order chi connectivity index (χ0) is 11.7. The molecule has 1 aromatic rings. The molecule has 5 heteroatoms. The molecule has 1 aromatic carbocycles. The lowest BCUT2D eigenvalue weighted by Crippen LogP contribution is -2.50. The summed E-state index contributed by atoms with van der Waals surface area (Å²) >= 11 is 0. The summed E-state index contributed by atoms with van der Waals surface area (Å²) in [6, 6.07) is 5.62. The van der Waals surface area contributed by atoms with Gasteiger partial charge in [0.1, 0.15) is 0 Å². The summed E-state index contributed by atoms with van der Waals surface area (Å²) in [6.45, 7) is -0.434. The number of aliphatic hydroxyl groups excluding tert-OH is 1. The van der Waals surface area contributed by atoms with E-state index in [1.807, 2.05) is 0 Å². The van der Waals surface area contributed by atoms with Crippen molar-refractivity contribution in [3.63, 3.8) is 0 Å². The van der Waals surface area contributed by atoms with Crippen LogP contribution in [-0.2, 0) is 11.3 Å². The van der Waals surface area contributed by atoms with Gasteiger partial charge in [0, 0.05) is 12.1 Å². The predicted molar refractivity (Wildman–Crippen MR) is 52.2 cm³/mol. The van der Waals surface area contributed by atoms with Crippen molar-refractivity contribution < 1.29 is 19.8 Å². The first-order valence-electron chi connectivity index (χ1n) is 4.85. The number of fused-ring (bicyclic) bond motifs is 1. The highest BCUT2D eigenvalue weighted by Crippen LogP contribution is 2.23. The lowest BCUT2D eigenvalue weighted by atomic mass is 10.1. The molecule has 0 unspecified atom stereocenters. The van der Waals surface area contributed by atoms with Gasteiger partial charge in [-0.25, -0.2) is 0 Å². The smallest absolute Gasteiger partial charge is 0.255 e. The first-order chi connectivity index (χ1) is 7.65. The highest BCUT2D eigenvalue weighted by molar-refractivity contribution is 6.00. The first kappa shape index (κ1) is 10.6. The Hall–Kier alpha value is -1.88. The summed E-state index contributed by atoms with van der Waals surface area (Å²) < 4.78 is 0. The zero-order valence-electron chi connectivity index (χ0n) is 8.42. The van der Waals surface area contributed by atoms with Crippen molar-refractivity contribution in [2.75, 3.05) is 6.61 Å². The third-order valence-electron chi connectivity index (χ3n) is 2.67. The van der Waals surface area contributed by atoms with E-state index in [4.69, 9.17) is 5.11 Å². The molecule has 0 aromatic heterocycles. The molecule has 0 saturated carbocycles. The Kier molecular flexibility index (Phi) is 2.62. The van der Waals surface area contributed by atoms with Gasteiger partial charge in [-0.2, -0.15) is 0 Å². The van der Waals surface area contributed by atoms with Crippen LogP contribution in [0.4, 0.5) is 0 Å². The molecule has 0 fully saturated rings. The van der Waals surface area contributed by atoms with Gasteiger partial charge in [0.25, 0.3) is 5.91 Å². The second-order valence-corrected chi connectivity index (χ2v) is 3.61. The van der Waals surface area contributed by atoms with E-state index >= 15 is 0 Å². The van der Waals surface area contributed by atoms with Crippen LogP contribution in [0, 0.1) is 0 Å². The standard InChI is InChI=1S/C11H11NO4/c13-6-9(11(15)16)12-5-7-3-1-2-4-8(7)10(12)14/h1-4,9,13H,5-6H2,(H,15,16)/p-1/t9-/m0/s1. The molecule has 1 aliphatic rings. The van der Waals surface area contributed by atoms with E-state index in [2.05, 4.69) is 0 Å². The number of carbonyl (C=O) groups is 2. The van der Waals surface area contributed by atoms with E-state index in [1.54, 1.807) is 24.3 Å². The molecule has 1 heterocycles. The monoisotopic (exact) mass is 220 g/mol. The minimum Gasteiger partial charge on any atom is -0.548 e. The molecule has 0 radical (unpaired) electrons. The van der Waals surface area contributed by atoms with Gasteiger partial charge in [-0.15, -0.1) is 0 Å². The summed E-state index contributed by atoms with van der Waals surface area (Å²) in [7, 11) is 0. The summed E-state index contributed by atoms with van der Waals surface area (Å²) in [5.74, 6) is -1.82. The van der Waals surface area contributed by atoms with Gasteiger partial charge >= 0.3 is 0 Å². The summed E-state index contributed by atoms with van der Waals surface area (Å²) in [4.78, 5) is 23.7. The van der Waals surface area contributed by atoms with Crippen LogP contribution in [0.5, 0.6) is 0 Å². The second kappa shape index (κ2) is 3.94. The van der Waals surface area contributed by atoms with E-state index < -0.39 is 18.6 Å². The molecule has 2 rings (SSSR count). The Morgan fingerprint density at radius 1 is 1.50 bits per heavy atom. The van der Waals surface area contributed by atoms with Crippen molar-refractivity contribution in [2.45, 2.75) is 12.6 Å². The van der Waals surface area contributed by atoms with Crippen molar-refractivity contribution >= 4 is 11.9 Å². The first-order valence-corrected chi connectivity index (χ1v) is 4.85. The molecule has 0 aliphatic carbocycles. The summed E-state index contributed by atoms with van der Waals surface area (Å²) in [6.07, 6.45) is 0. The molecule has 1 N–H and O–H groups in total. The number of carboxylic acid groups (broad SMARTS) is 1. The molecule has 1 amide bonds. The number of carbonyl (C=O) groups excluding carboxylic acids is 2. The Morgan fingerprint density at radius 2 is 2.19 bits per heavy atom. The van der Waals surface area contributed by atoms with Crippen LogP contribution in [-0.4, -0.2) is 34.5 Å². The molecule has 5 nitrogen and oxygen atoms in total. The van der Waals surface area contributed by atoms with Crippen LogP contribution >= 0.6 is 0 Å². The number of aliphatic carboxylic acids is 1. The molecular weight excluding hydrogens is 210 g/mol. The predicted octanol–water partition coefficient (Wildman–Crippen LogP) is -1.25. The Balaban J connectivity index is 2.31. The maximum Gasteiger partial charge on any atom is 0.255 e. The van der Waals surface area contributed by atoms with Crippen LogP contribution in [0.25, 0.3) is 0 Å². The molecular formula is C11H10NO4-. The van der Waals surface area contributed by atoms with Gasteiger partial charge in [0.2, 0.25) is 0 Å². The summed E-state index contributed by atoms with van der Waals surface area (Å²) in [5.41, 5.74) is 1.26. The number of carboxylic acids is 1. The van der Waals surface area contributed by atoms with E-state index in [9.17, 15) is 14.7 Å². The van der Waals surface area contributed by atoms with Gasteiger partial charge in [-0.3, -0.25) is 4.79 Å². The Labute approximate surface area is 91.9 Å². The third kappa shape index (κ3) is 1.55. The quantitative estimate of drug-likeness (QED) is 0.690.